The second-order valence-corrected chi connectivity index (χ2v) is 6.11. The first-order valence-corrected chi connectivity index (χ1v) is 9.17. The number of anilines is 1. The topological polar surface area (TPSA) is 83.1 Å². The van der Waals surface area contributed by atoms with Gasteiger partial charge in [-0.3, -0.25) is 4.79 Å². The molecule has 0 saturated heterocycles. The van der Waals surface area contributed by atoms with E-state index in [0.717, 1.165) is 5.75 Å². The third-order valence-corrected chi connectivity index (χ3v) is 3.90. The Hall–Kier alpha value is -4.00. The van der Waals surface area contributed by atoms with Crippen molar-refractivity contribution in [1.82, 2.24) is 0 Å². The van der Waals surface area contributed by atoms with Crippen molar-refractivity contribution >= 4 is 17.6 Å². The molecular weight excluding hydrogens is 386 g/mol. The van der Waals surface area contributed by atoms with Crippen LogP contribution in [0.15, 0.2) is 78.9 Å². The van der Waals surface area contributed by atoms with Crippen LogP contribution in [0.4, 0.5) is 5.69 Å². The Morgan fingerprint density at radius 2 is 1.33 bits per heavy atom. The number of nitrogens with one attached hydrogen (secondary N) is 1. The summed E-state index contributed by atoms with van der Waals surface area (Å²) in [5.74, 6) is 1.44. The van der Waals surface area contributed by atoms with Gasteiger partial charge in [-0.1, -0.05) is 18.2 Å². The molecule has 1 amide bonds. The van der Waals surface area contributed by atoms with Gasteiger partial charge in [0.2, 0.25) is 0 Å². The summed E-state index contributed by atoms with van der Waals surface area (Å²) in [5.41, 5.74) is 0.561. The molecule has 0 fully saturated rings. The summed E-state index contributed by atoms with van der Waals surface area (Å²) in [5, 5.41) is 2.65. The highest BCUT2D eigenvalue weighted by molar-refractivity contribution is 5.92. The molecule has 1 N–H and O–H groups in total. The molecule has 7 heteroatoms. The minimum atomic E-state index is -0.646. The average Bonchev–Trinajstić information content (AvgIpc) is 2.78. The maximum absolute atomic E-state index is 12.0. The monoisotopic (exact) mass is 407 g/mol. The summed E-state index contributed by atoms with van der Waals surface area (Å²) in [6.07, 6.45) is 0. The first-order chi connectivity index (χ1) is 14.6. The molecule has 30 heavy (non-hydrogen) atoms. The zero-order valence-corrected chi connectivity index (χ0v) is 16.4. The van der Waals surface area contributed by atoms with Crippen molar-refractivity contribution in [2.45, 2.75) is 0 Å². The maximum Gasteiger partial charge on any atom is 0.344 e. The fourth-order valence-corrected chi connectivity index (χ4v) is 2.43. The molecule has 3 rings (SSSR count). The Bertz CT molecular complexity index is 955. The predicted octanol–water partition coefficient (Wildman–Crippen LogP) is 4.05. The molecule has 0 bridgehead atoms. The number of hydrogen-bond donors (Lipinski definition) is 1. The van der Waals surface area contributed by atoms with E-state index in [4.69, 9.17) is 18.9 Å². The van der Waals surface area contributed by atoms with Gasteiger partial charge in [-0.05, 0) is 60.7 Å². The summed E-state index contributed by atoms with van der Waals surface area (Å²) < 4.78 is 21.0. The number of carbonyl (C=O) groups is 2. The smallest absolute Gasteiger partial charge is 0.344 e. The van der Waals surface area contributed by atoms with Gasteiger partial charge in [0.1, 0.15) is 23.0 Å². The Morgan fingerprint density at radius 1 is 0.733 bits per heavy atom. The standard InChI is InChI=1S/C23H21NO6/c1-27-18-11-13-19(14-12-18)28-16-23(26)29-15-22(25)24-17-7-9-21(10-8-17)30-20-5-3-2-4-6-20/h2-14H,15-16H2,1H3,(H,24,25). The molecule has 3 aromatic rings. The summed E-state index contributed by atoms with van der Waals surface area (Å²) in [6, 6.07) is 23.0. The van der Waals surface area contributed by atoms with Crippen molar-refractivity contribution in [3.05, 3.63) is 78.9 Å². The SMILES string of the molecule is COc1ccc(OCC(=O)OCC(=O)Nc2ccc(Oc3ccccc3)cc2)cc1. The molecule has 0 saturated carbocycles. The van der Waals surface area contributed by atoms with Gasteiger partial charge in [-0.15, -0.1) is 0 Å². The Labute approximate surface area is 174 Å². The molecule has 0 spiro atoms. The zero-order chi connectivity index (χ0) is 21.2. The molecule has 0 heterocycles. The van der Waals surface area contributed by atoms with Gasteiger partial charge in [0.05, 0.1) is 7.11 Å². The van der Waals surface area contributed by atoms with Crippen molar-refractivity contribution in [1.29, 1.82) is 0 Å². The van der Waals surface area contributed by atoms with E-state index in [2.05, 4.69) is 5.32 Å². The lowest BCUT2D eigenvalue weighted by Gasteiger charge is -2.09. The summed E-state index contributed by atoms with van der Waals surface area (Å²) in [4.78, 5) is 23.7. The van der Waals surface area contributed by atoms with Crippen LogP contribution >= 0.6 is 0 Å². The quantitative estimate of drug-likeness (QED) is 0.539. The van der Waals surface area contributed by atoms with Gasteiger partial charge >= 0.3 is 5.97 Å². The van der Waals surface area contributed by atoms with Crippen LogP contribution in [0.2, 0.25) is 0 Å². The molecule has 0 unspecified atom stereocenters. The maximum atomic E-state index is 12.0. The number of methoxy groups -OCH3 is 1. The third-order valence-electron chi connectivity index (χ3n) is 3.90. The largest absolute Gasteiger partial charge is 0.497 e. The van der Waals surface area contributed by atoms with E-state index < -0.39 is 18.5 Å². The fourth-order valence-electron chi connectivity index (χ4n) is 2.43. The lowest BCUT2D eigenvalue weighted by molar-refractivity contribution is -0.149. The van der Waals surface area contributed by atoms with Crippen molar-refractivity contribution < 1.29 is 28.5 Å². The van der Waals surface area contributed by atoms with Crippen LogP contribution in [0.1, 0.15) is 0 Å². The Balaban J connectivity index is 1.38. The Morgan fingerprint density at radius 3 is 2.00 bits per heavy atom. The van der Waals surface area contributed by atoms with Crippen LogP contribution in [0.5, 0.6) is 23.0 Å². The van der Waals surface area contributed by atoms with Crippen LogP contribution in [-0.2, 0) is 14.3 Å². The lowest BCUT2D eigenvalue weighted by Crippen LogP contribution is -2.23. The second kappa shape index (κ2) is 10.5. The van der Waals surface area contributed by atoms with Crippen LogP contribution in [0.3, 0.4) is 0 Å². The van der Waals surface area contributed by atoms with Crippen molar-refractivity contribution in [3.8, 4) is 23.0 Å². The Kier molecular flexibility index (Phi) is 7.27. The molecular formula is C23H21NO6. The minimum Gasteiger partial charge on any atom is -0.497 e. The van der Waals surface area contributed by atoms with E-state index in [1.807, 2.05) is 30.3 Å². The van der Waals surface area contributed by atoms with E-state index in [1.165, 1.54) is 0 Å². The zero-order valence-electron chi connectivity index (χ0n) is 16.4. The molecule has 0 aromatic heterocycles. The number of ether oxygens (including phenoxy) is 4. The second-order valence-electron chi connectivity index (χ2n) is 6.11. The molecule has 0 radical (unpaired) electrons. The van der Waals surface area contributed by atoms with Gasteiger partial charge < -0.3 is 24.3 Å². The van der Waals surface area contributed by atoms with E-state index >= 15 is 0 Å². The summed E-state index contributed by atoms with van der Waals surface area (Å²) in [6.45, 7) is -0.710. The number of rotatable bonds is 9. The lowest BCUT2D eigenvalue weighted by atomic mass is 10.3. The summed E-state index contributed by atoms with van der Waals surface area (Å²) >= 11 is 0. The number of benzene rings is 3. The fraction of sp³-hybridized carbons (Fsp3) is 0.130. The first-order valence-electron chi connectivity index (χ1n) is 9.17. The van der Waals surface area contributed by atoms with E-state index in [9.17, 15) is 9.59 Å². The minimum absolute atomic E-state index is 0.300. The van der Waals surface area contributed by atoms with E-state index in [1.54, 1.807) is 55.6 Å². The van der Waals surface area contributed by atoms with Crippen LogP contribution in [-0.4, -0.2) is 32.2 Å². The molecule has 0 aliphatic rings. The van der Waals surface area contributed by atoms with Gasteiger partial charge in [-0.2, -0.15) is 0 Å². The molecule has 0 atom stereocenters. The number of hydrogen-bond acceptors (Lipinski definition) is 6. The molecule has 154 valence electrons. The predicted molar refractivity (Wildman–Crippen MR) is 111 cm³/mol. The van der Waals surface area contributed by atoms with Gasteiger partial charge in [0, 0.05) is 5.69 Å². The first kappa shape index (κ1) is 20.7. The molecule has 7 nitrogen and oxygen atoms in total. The van der Waals surface area contributed by atoms with Crippen molar-refractivity contribution in [2.75, 3.05) is 25.6 Å². The molecule has 3 aromatic carbocycles. The van der Waals surface area contributed by atoms with Crippen molar-refractivity contribution in [2.24, 2.45) is 0 Å². The van der Waals surface area contributed by atoms with Crippen LogP contribution in [0, 0.1) is 0 Å². The van der Waals surface area contributed by atoms with Crippen LogP contribution < -0.4 is 19.5 Å². The number of para-hydroxylation sites is 1. The molecule has 0 aliphatic heterocycles. The average molecular weight is 407 g/mol. The number of esters is 1. The number of amides is 1. The molecule has 0 aliphatic carbocycles. The van der Waals surface area contributed by atoms with Gasteiger partial charge in [-0.25, -0.2) is 4.79 Å². The third kappa shape index (κ3) is 6.56. The highest BCUT2D eigenvalue weighted by atomic mass is 16.6. The van der Waals surface area contributed by atoms with E-state index in [0.29, 0.717) is 22.9 Å². The van der Waals surface area contributed by atoms with E-state index in [-0.39, 0.29) is 6.61 Å². The van der Waals surface area contributed by atoms with Gasteiger partial charge in [0.15, 0.2) is 13.2 Å². The van der Waals surface area contributed by atoms with Crippen LogP contribution in [0.25, 0.3) is 0 Å². The normalized spacial score (nSPS) is 10.0. The highest BCUT2D eigenvalue weighted by Gasteiger charge is 2.09. The number of carbonyl (C=O) groups excluding carboxylic acids is 2. The van der Waals surface area contributed by atoms with Gasteiger partial charge in [0.25, 0.3) is 5.91 Å². The highest BCUT2D eigenvalue weighted by Crippen LogP contribution is 2.22. The summed E-state index contributed by atoms with van der Waals surface area (Å²) in [7, 11) is 1.56. The van der Waals surface area contributed by atoms with Crippen molar-refractivity contribution in [3.63, 3.8) is 0 Å².